The van der Waals surface area contributed by atoms with Gasteiger partial charge in [-0.1, -0.05) is 41.0 Å². The number of ether oxygens (including phenoxy) is 3. The van der Waals surface area contributed by atoms with E-state index in [-0.39, 0.29) is 23.0 Å². The third kappa shape index (κ3) is 3.55. The minimum atomic E-state index is -0.816. The Hall–Kier alpha value is -4.21. The molecule has 0 saturated heterocycles. The van der Waals surface area contributed by atoms with Gasteiger partial charge in [-0.3, -0.25) is 4.79 Å². The SMILES string of the molecule is COC(=O)C1=C(C(=O)c2ccc(C)cc2)[C@H](c2ccc(OC)c(OC)c2)n2nnnc2N1. The third-order valence-electron chi connectivity index (χ3n) is 5.19. The first-order valence-electron chi connectivity index (χ1n) is 9.69. The van der Waals surface area contributed by atoms with Crippen LogP contribution in [0.2, 0.25) is 0 Å². The minimum Gasteiger partial charge on any atom is -0.493 e. The number of Topliss-reactive ketones (excluding diaryl/α,β-unsaturated/α-hetero) is 1. The van der Waals surface area contributed by atoms with Crippen LogP contribution in [0.1, 0.15) is 27.5 Å². The Labute approximate surface area is 183 Å². The van der Waals surface area contributed by atoms with E-state index in [0.717, 1.165) is 5.56 Å². The number of aryl methyl sites for hydroxylation is 1. The molecule has 0 fully saturated rings. The maximum atomic E-state index is 13.7. The molecule has 1 N–H and O–H groups in total. The number of ketones is 1. The first kappa shape index (κ1) is 21.0. The van der Waals surface area contributed by atoms with Crippen LogP contribution in [0, 0.1) is 6.92 Å². The Morgan fingerprint density at radius 3 is 2.38 bits per heavy atom. The molecule has 0 saturated carbocycles. The summed E-state index contributed by atoms with van der Waals surface area (Å²) < 4.78 is 17.1. The molecule has 1 aliphatic heterocycles. The third-order valence-corrected chi connectivity index (χ3v) is 5.19. The molecule has 2 aromatic carbocycles. The smallest absolute Gasteiger partial charge is 0.355 e. The Bertz CT molecular complexity index is 1220. The molecular weight excluding hydrogens is 414 g/mol. The van der Waals surface area contributed by atoms with Gasteiger partial charge < -0.3 is 19.5 Å². The second kappa shape index (κ2) is 8.50. The molecule has 1 aliphatic rings. The number of rotatable bonds is 6. The minimum absolute atomic E-state index is 0.0276. The molecule has 4 rings (SSSR count). The van der Waals surface area contributed by atoms with Gasteiger partial charge in [0.25, 0.3) is 0 Å². The van der Waals surface area contributed by atoms with E-state index < -0.39 is 12.0 Å². The number of hydrogen-bond acceptors (Lipinski definition) is 9. The lowest BCUT2D eigenvalue weighted by atomic mass is 9.89. The summed E-state index contributed by atoms with van der Waals surface area (Å²) in [5.41, 5.74) is 2.16. The Morgan fingerprint density at radius 1 is 1.00 bits per heavy atom. The fraction of sp³-hybridized carbons (Fsp3) is 0.227. The molecule has 0 amide bonds. The van der Waals surface area contributed by atoms with Crippen molar-refractivity contribution >= 4 is 17.7 Å². The quantitative estimate of drug-likeness (QED) is 0.460. The van der Waals surface area contributed by atoms with Crippen LogP contribution < -0.4 is 14.8 Å². The lowest BCUT2D eigenvalue weighted by Gasteiger charge is -2.28. The van der Waals surface area contributed by atoms with Gasteiger partial charge >= 0.3 is 5.97 Å². The first-order chi connectivity index (χ1) is 15.5. The molecule has 0 radical (unpaired) electrons. The van der Waals surface area contributed by atoms with Crippen molar-refractivity contribution in [2.45, 2.75) is 13.0 Å². The molecule has 0 bridgehead atoms. The van der Waals surface area contributed by atoms with Crippen molar-refractivity contribution < 1.29 is 23.8 Å². The predicted molar refractivity (Wildman–Crippen MR) is 114 cm³/mol. The van der Waals surface area contributed by atoms with E-state index >= 15 is 0 Å². The summed E-state index contributed by atoms with van der Waals surface area (Å²) in [7, 11) is 4.29. The normalized spacial score (nSPS) is 14.9. The van der Waals surface area contributed by atoms with Gasteiger partial charge in [0, 0.05) is 5.56 Å². The molecule has 0 unspecified atom stereocenters. The molecule has 2 heterocycles. The predicted octanol–water partition coefficient (Wildman–Crippen LogP) is 2.32. The van der Waals surface area contributed by atoms with Crippen molar-refractivity contribution in [3.8, 4) is 11.5 Å². The molecule has 0 aliphatic carbocycles. The zero-order valence-electron chi connectivity index (χ0n) is 17.9. The molecule has 3 aromatic rings. The van der Waals surface area contributed by atoms with Crippen molar-refractivity contribution in [3.63, 3.8) is 0 Å². The Balaban J connectivity index is 1.95. The fourth-order valence-corrected chi connectivity index (χ4v) is 3.58. The standard InChI is InChI=1S/C22H21N5O5/c1-12-5-7-13(8-6-12)20(28)17-18(21(29)32-4)23-22-24-25-26-27(22)19(17)14-9-10-15(30-2)16(11-14)31-3/h5-11,19H,1-4H3,(H,23,24,26)/t19-/m0/s1. The number of carbonyl (C=O) groups excluding carboxylic acids is 2. The maximum absolute atomic E-state index is 13.7. The van der Waals surface area contributed by atoms with Crippen molar-refractivity contribution in [1.29, 1.82) is 0 Å². The summed E-state index contributed by atoms with van der Waals surface area (Å²) in [6.45, 7) is 1.93. The van der Waals surface area contributed by atoms with Crippen LogP contribution in [-0.2, 0) is 9.53 Å². The van der Waals surface area contributed by atoms with Crippen molar-refractivity contribution in [1.82, 2.24) is 20.2 Å². The molecular formula is C22H21N5O5. The topological polar surface area (TPSA) is 117 Å². The number of esters is 1. The zero-order chi connectivity index (χ0) is 22.8. The highest BCUT2D eigenvalue weighted by molar-refractivity contribution is 6.14. The number of nitrogens with one attached hydrogen (secondary N) is 1. The van der Waals surface area contributed by atoms with Gasteiger partial charge in [-0.05, 0) is 35.0 Å². The Kier molecular flexibility index (Phi) is 5.59. The van der Waals surface area contributed by atoms with Gasteiger partial charge in [-0.15, -0.1) is 0 Å². The zero-order valence-corrected chi connectivity index (χ0v) is 17.9. The number of fused-ring (bicyclic) bond motifs is 1. The summed E-state index contributed by atoms with van der Waals surface area (Å²) >= 11 is 0. The summed E-state index contributed by atoms with van der Waals surface area (Å²) in [5, 5.41) is 14.5. The highest BCUT2D eigenvalue weighted by Gasteiger charge is 2.38. The van der Waals surface area contributed by atoms with Crippen LogP contribution in [0.3, 0.4) is 0 Å². The first-order valence-corrected chi connectivity index (χ1v) is 9.69. The van der Waals surface area contributed by atoms with E-state index in [1.807, 2.05) is 19.1 Å². The monoisotopic (exact) mass is 435 g/mol. The van der Waals surface area contributed by atoms with Gasteiger partial charge in [-0.25, -0.2) is 4.79 Å². The van der Waals surface area contributed by atoms with Gasteiger partial charge in [0.15, 0.2) is 17.3 Å². The van der Waals surface area contributed by atoms with Gasteiger partial charge in [0.05, 0.1) is 26.9 Å². The maximum Gasteiger partial charge on any atom is 0.355 e. The number of allylic oxidation sites excluding steroid dienone is 1. The van der Waals surface area contributed by atoms with Crippen LogP contribution in [0.4, 0.5) is 5.95 Å². The van der Waals surface area contributed by atoms with E-state index in [1.54, 1.807) is 30.3 Å². The number of nitrogens with zero attached hydrogens (tertiary/aromatic N) is 4. The molecule has 164 valence electrons. The number of hydrogen-bond donors (Lipinski definition) is 1. The van der Waals surface area contributed by atoms with E-state index in [1.165, 1.54) is 26.0 Å². The fourth-order valence-electron chi connectivity index (χ4n) is 3.58. The average Bonchev–Trinajstić information content (AvgIpc) is 3.30. The van der Waals surface area contributed by atoms with Crippen molar-refractivity contribution in [3.05, 3.63) is 70.4 Å². The van der Waals surface area contributed by atoms with Crippen molar-refractivity contribution in [2.75, 3.05) is 26.6 Å². The summed E-state index contributed by atoms with van der Waals surface area (Å²) in [4.78, 5) is 26.4. The molecule has 10 heteroatoms. The summed E-state index contributed by atoms with van der Waals surface area (Å²) in [6, 6.07) is 11.5. The molecule has 1 aromatic heterocycles. The van der Waals surface area contributed by atoms with Crippen LogP contribution in [0.25, 0.3) is 0 Å². The van der Waals surface area contributed by atoms with E-state index in [2.05, 4.69) is 20.8 Å². The van der Waals surface area contributed by atoms with E-state index in [0.29, 0.717) is 22.6 Å². The molecule has 0 spiro atoms. The van der Waals surface area contributed by atoms with Crippen LogP contribution in [-0.4, -0.2) is 53.3 Å². The highest BCUT2D eigenvalue weighted by atomic mass is 16.5. The number of carbonyl (C=O) groups is 2. The lowest BCUT2D eigenvalue weighted by molar-refractivity contribution is -0.136. The van der Waals surface area contributed by atoms with Gasteiger partial charge in [-0.2, -0.15) is 4.68 Å². The van der Waals surface area contributed by atoms with E-state index in [9.17, 15) is 9.59 Å². The second-order valence-corrected chi connectivity index (χ2v) is 7.06. The van der Waals surface area contributed by atoms with Crippen molar-refractivity contribution in [2.24, 2.45) is 0 Å². The average molecular weight is 435 g/mol. The van der Waals surface area contributed by atoms with E-state index in [4.69, 9.17) is 14.2 Å². The molecule has 10 nitrogen and oxygen atoms in total. The van der Waals surface area contributed by atoms with Crippen LogP contribution >= 0.6 is 0 Å². The number of tetrazole rings is 1. The van der Waals surface area contributed by atoms with Gasteiger partial charge in [0.2, 0.25) is 5.95 Å². The van der Waals surface area contributed by atoms with Crippen LogP contribution in [0.5, 0.6) is 11.5 Å². The Morgan fingerprint density at radius 2 is 1.72 bits per heavy atom. The highest BCUT2D eigenvalue weighted by Crippen LogP contribution is 2.39. The molecule has 32 heavy (non-hydrogen) atoms. The summed E-state index contributed by atoms with van der Waals surface area (Å²) in [6.07, 6.45) is 0. The molecule has 1 atom stereocenters. The van der Waals surface area contributed by atoms with Gasteiger partial charge in [0.1, 0.15) is 11.7 Å². The second-order valence-electron chi connectivity index (χ2n) is 7.06. The lowest BCUT2D eigenvalue weighted by Crippen LogP contribution is -2.33. The number of aromatic nitrogens is 4. The van der Waals surface area contributed by atoms with Crippen LogP contribution in [0.15, 0.2) is 53.7 Å². The number of methoxy groups -OCH3 is 3. The summed E-state index contributed by atoms with van der Waals surface area (Å²) in [5.74, 6) is 0.107. The largest absolute Gasteiger partial charge is 0.493 e. The number of anilines is 1. The number of benzene rings is 2.